The summed E-state index contributed by atoms with van der Waals surface area (Å²) in [5, 5.41) is 2.85. The maximum absolute atomic E-state index is 13.4. The molecule has 0 unspecified atom stereocenters. The zero-order valence-corrected chi connectivity index (χ0v) is 18.5. The molecule has 0 saturated heterocycles. The van der Waals surface area contributed by atoms with Crippen molar-refractivity contribution >= 4 is 15.9 Å². The van der Waals surface area contributed by atoms with E-state index in [-0.39, 0.29) is 29.9 Å². The smallest absolute Gasteiger partial charge is 0.243 e. The van der Waals surface area contributed by atoms with Crippen LogP contribution in [0.1, 0.15) is 43.2 Å². The van der Waals surface area contributed by atoms with E-state index in [1.807, 2.05) is 31.2 Å². The standard InChI is InChI=1S/C23H30N2O4S/c1-18-12-14-21(15-13-18)30(27,28)25(20-9-4-3-5-10-20)17-23(26)24-16-19-8-6-7-11-22(19)29-2/h6-8,11-15,20H,3-5,9-10,16-17H2,1-2H3,(H,24,26). The highest BCUT2D eigenvalue weighted by Crippen LogP contribution is 2.28. The zero-order valence-electron chi connectivity index (χ0n) is 17.6. The van der Waals surface area contributed by atoms with Gasteiger partial charge in [-0.3, -0.25) is 4.79 Å². The van der Waals surface area contributed by atoms with E-state index in [4.69, 9.17) is 4.74 Å². The molecule has 0 aromatic heterocycles. The van der Waals surface area contributed by atoms with Gasteiger partial charge in [0.15, 0.2) is 0 Å². The minimum atomic E-state index is -3.76. The van der Waals surface area contributed by atoms with Crippen LogP contribution in [0.4, 0.5) is 0 Å². The molecular weight excluding hydrogens is 400 g/mol. The molecule has 6 nitrogen and oxygen atoms in total. The van der Waals surface area contributed by atoms with Crippen LogP contribution in [0, 0.1) is 6.92 Å². The lowest BCUT2D eigenvalue weighted by Gasteiger charge is -2.33. The molecule has 7 heteroatoms. The number of hydrogen-bond donors (Lipinski definition) is 1. The van der Waals surface area contributed by atoms with Gasteiger partial charge >= 0.3 is 0 Å². The molecule has 162 valence electrons. The molecule has 1 fully saturated rings. The Morgan fingerprint density at radius 2 is 1.73 bits per heavy atom. The third kappa shape index (κ3) is 5.40. The van der Waals surface area contributed by atoms with Crippen LogP contribution in [-0.4, -0.2) is 38.3 Å². The van der Waals surface area contributed by atoms with Crippen molar-refractivity contribution < 1.29 is 17.9 Å². The SMILES string of the molecule is COc1ccccc1CNC(=O)CN(C1CCCCC1)S(=O)(=O)c1ccc(C)cc1. The highest BCUT2D eigenvalue weighted by molar-refractivity contribution is 7.89. The summed E-state index contributed by atoms with van der Waals surface area (Å²) in [5.41, 5.74) is 1.84. The number of amides is 1. The molecule has 3 rings (SSSR count). The third-order valence-corrected chi connectivity index (χ3v) is 7.49. The number of carbonyl (C=O) groups excluding carboxylic acids is 1. The summed E-state index contributed by atoms with van der Waals surface area (Å²) in [7, 11) is -2.18. The monoisotopic (exact) mass is 430 g/mol. The summed E-state index contributed by atoms with van der Waals surface area (Å²) in [4.78, 5) is 13.0. The van der Waals surface area contributed by atoms with Crippen LogP contribution >= 0.6 is 0 Å². The number of aryl methyl sites for hydroxylation is 1. The fraction of sp³-hybridized carbons (Fsp3) is 0.435. The van der Waals surface area contributed by atoms with E-state index in [0.717, 1.165) is 43.2 Å². The van der Waals surface area contributed by atoms with Crippen LogP contribution in [0.3, 0.4) is 0 Å². The van der Waals surface area contributed by atoms with Gasteiger partial charge in [-0.15, -0.1) is 0 Å². The van der Waals surface area contributed by atoms with Crippen molar-refractivity contribution in [1.82, 2.24) is 9.62 Å². The van der Waals surface area contributed by atoms with E-state index >= 15 is 0 Å². The van der Waals surface area contributed by atoms with E-state index in [1.54, 1.807) is 31.4 Å². The Bertz CT molecular complexity index is 951. The fourth-order valence-electron chi connectivity index (χ4n) is 3.87. The summed E-state index contributed by atoms with van der Waals surface area (Å²) in [6.07, 6.45) is 4.63. The van der Waals surface area contributed by atoms with E-state index in [0.29, 0.717) is 5.75 Å². The molecule has 2 aromatic rings. The van der Waals surface area contributed by atoms with Crippen LogP contribution < -0.4 is 10.1 Å². The molecule has 0 heterocycles. The Hall–Kier alpha value is -2.38. The van der Waals surface area contributed by atoms with Crippen molar-refractivity contribution in [3.8, 4) is 5.75 Å². The molecule has 1 saturated carbocycles. The molecule has 1 N–H and O–H groups in total. The first-order valence-corrected chi connectivity index (χ1v) is 11.8. The Balaban J connectivity index is 1.77. The molecule has 0 spiro atoms. The van der Waals surface area contributed by atoms with E-state index in [2.05, 4.69) is 5.32 Å². The van der Waals surface area contributed by atoms with Crippen molar-refractivity contribution in [3.05, 3.63) is 59.7 Å². The number of nitrogens with one attached hydrogen (secondary N) is 1. The maximum atomic E-state index is 13.4. The second kappa shape index (κ2) is 10.1. The third-order valence-electron chi connectivity index (χ3n) is 5.58. The van der Waals surface area contributed by atoms with E-state index in [1.165, 1.54) is 4.31 Å². The highest BCUT2D eigenvalue weighted by Gasteiger charge is 2.33. The molecule has 0 aliphatic heterocycles. The summed E-state index contributed by atoms with van der Waals surface area (Å²) < 4.78 is 33.5. The Kier molecular flexibility index (Phi) is 7.50. The van der Waals surface area contributed by atoms with Gasteiger partial charge in [0.1, 0.15) is 5.75 Å². The molecule has 0 radical (unpaired) electrons. The maximum Gasteiger partial charge on any atom is 0.243 e. The Labute approximate surface area is 179 Å². The first-order chi connectivity index (χ1) is 14.4. The predicted octanol–water partition coefficient (Wildman–Crippen LogP) is 3.64. The van der Waals surface area contributed by atoms with Gasteiger partial charge in [-0.1, -0.05) is 55.2 Å². The first kappa shape index (κ1) is 22.3. The van der Waals surface area contributed by atoms with Crippen molar-refractivity contribution in [2.45, 2.75) is 56.5 Å². The van der Waals surface area contributed by atoms with Gasteiger partial charge in [-0.25, -0.2) is 8.42 Å². The largest absolute Gasteiger partial charge is 0.496 e. The van der Waals surface area contributed by atoms with E-state index < -0.39 is 10.0 Å². The molecular formula is C23H30N2O4S. The summed E-state index contributed by atoms with van der Waals surface area (Å²) in [5.74, 6) is 0.372. The van der Waals surface area contributed by atoms with Gasteiger partial charge < -0.3 is 10.1 Å². The number of para-hydroxylation sites is 1. The van der Waals surface area contributed by atoms with Crippen LogP contribution in [0.25, 0.3) is 0 Å². The predicted molar refractivity (Wildman–Crippen MR) is 117 cm³/mol. The number of ether oxygens (including phenoxy) is 1. The van der Waals surface area contributed by atoms with Gasteiger partial charge in [0.2, 0.25) is 15.9 Å². The van der Waals surface area contributed by atoms with Gasteiger partial charge in [0, 0.05) is 18.2 Å². The fourth-order valence-corrected chi connectivity index (χ4v) is 5.51. The molecule has 30 heavy (non-hydrogen) atoms. The van der Waals surface area contributed by atoms with Crippen LogP contribution in [0.5, 0.6) is 5.75 Å². The second-order valence-electron chi connectivity index (χ2n) is 7.74. The number of carbonyl (C=O) groups is 1. The van der Waals surface area contributed by atoms with Crippen LogP contribution in [-0.2, 0) is 21.4 Å². The van der Waals surface area contributed by atoms with Gasteiger partial charge in [0.25, 0.3) is 0 Å². The quantitative estimate of drug-likeness (QED) is 0.694. The Morgan fingerprint density at radius 1 is 1.07 bits per heavy atom. The lowest BCUT2D eigenvalue weighted by molar-refractivity contribution is -0.121. The van der Waals surface area contributed by atoms with Crippen molar-refractivity contribution in [1.29, 1.82) is 0 Å². The summed E-state index contributed by atoms with van der Waals surface area (Å²) in [6.45, 7) is 2.02. The molecule has 0 bridgehead atoms. The number of hydrogen-bond acceptors (Lipinski definition) is 4. The number of rotatable bonds is 8. The average molecular weight is 431 g/mol. The molecule has 0 atom stereocenters. The lowest BCUT2D eigenvalue weighted by Crippen LogP contribution is -2.46. The first-order valence-electron chi connectivity index (χ1n) is 10.4. The minimum Gasteiger partial charge on any atom is -0.496 e. The Morgan fingerprint density at radius 3 is 2.40 bits per heavy atom. The van der Waals surface area contributed by atoms with Gasteiger partial charge in [-0.05, 0) is 38.0 Å². The van der Waals surface area contributed by atoms with Gasteiger partial charge in [0.05, 0.1) is 18.6 Å². The normalized spacial score (nSPS) is 15.2. The molecule has 1 amide bonds. The summed E-state index contributed by atoms with van der Waals surface area (Å²) >= 11 is 0. The number of benzene rings is 2. The molecule has 1 aliphatic rings. The van der Waals surface area contributed by atoms with E-state index in [9.17, 15) is 13.2 Å². The topological polar surface area (TPSA) is 75.7 Å². The summed E-state index contributed by atoms with van der Waals surface area (Å²) in [6, 6.07) is 14.1. The average Bonchev–Trinajstić information content (AvgIpc) is 2.77. The highest BCUT2D eigenvalue weighted by atomic mass is 32.2. The van der Waals surface area contributed by atoms with Crippen molar-refractivity contribution in [3.63, 3.8) is 0 Å². The van der Waals surface area contributed by atoms with Crippen LogP contribution in [0.2, 0.25) is 0 Å². The van der Waals surface area contributed by atoms with Crippen LogP contribution in [0.15, 0.2) is 53.4 Å². The number of sulfonamides is 1. The molecule has 1 aliphatic carbocycles. The van der Waals surface area contributed by atoms with Crippen molar-refractivity contribution in [2.24, 2.45) is 0 Å². The minimum absolute atomic E-state index is 0.151. The van der Waals surface area contributed by atoms with Crippen molar-refractivity contribution in [2.75, 3.05) is 13.7 Å². The lowest BCUT2D eigenvalue weighted by atomic mass is 9.95. The zero-order chi connectivity index (χ0) is 21.6. The second-order valence-corrected chi connectivity index (χ2v) is 9.63. The number of nitrogens with zero attached hydrogens (tertiary/aromatic N) is 1. The van der Waals surface area contributed by atoms with Gasteiger partial charge in [-0.2, -0.15) is 4.31 Å². The number of methoxy groups -OCH3 is 1. The molecule has 2 aromatic carbocycles.